The number of nitrogens with one attached hydrogen (secondary N) is 1. The number of aromatic nitrogens is 2. The Morgan fingerprint density at radius 3 is 2.38 bits per heavy atom. The first-order valence-corrected chi connectivity index (χ1v) is 12.9. The zero-order valence-corrected chi connectivity index (χ0v) is 22.8. The highest BCUT2D eigenvalue weighted by molar-refractivity contribution is 5.69. The van der Waals surface area contributed by atoms with E-state index >= 15 is 0 Å². The molecule has 0 bridgehead atoms. The Hall–Kier alpha value is -3.06. The third-order valence-electron chi connectivity index (χ3n) is 5.93. The van der Waals surface area contributed by atoms with Crippen LogP contribution in [0.2, 0.25) is 0 Å². The van der Waals surface area contributed by atoms with Gasteiger partial charge in [0.05, 0.1) is 11.7 Å². The van der Waals surface area contributed by atoms with Crippen molar-refractivity contribution in [1.82, 2.24) is 15.1 Å². The number of carbonyl (C=O) groups is 1. The van der Waals surface area contributed by atoms with E-state index < -0.39 is 17.2 Å². The molecular formula is C30H39F2N3O2. The van der Waals surface area contributed by atoms with Gasteiger partial charge in [0.15, 0.2) is 0 Å². The molecule has 3 aromatic rings. The van der Waals surface area contributed by atoms with Gasteiger partial charge in [-0.3, -0.25) is 4.79 Å². The summed E-state index contributed by atoms with van der Waals surface area (Å²) in [6.45, 7) is 12.6. The average molecular weight is 512 g/mol. The van der Waals surface area contributed by atoms with Gasteiger partial charge in [0, 0.05) is 25.1 Å². The molecule has 1 N–H and O–H groups in total. The van der Waals surface area contributed by atoms with Crippen LogP contribution >= 0.6 is 0 Å². The van der Waals surface area contributed by atoms with E-state index in [-0.39, 0.29) is 23.1 Å². The van der Waals surface area contributed by atoms with Crippen LogP contribution in [0.15, 0.2) is 54.7 Å². The largest absolute Gasteiger partial charge is 0.460 e. The van der Waals surface area contributed by atoms with Crippen molar-refractivity contribution >= 4 is 5.97 Å². The van der Waals surface area contributed by atoms with Crippen molar-refractivity contribution < 1.29 is 18.3 Å². The topological polar surface area (TPSA) is 56.1 Å². The molecule has 0 saturated carbocycles. The number of rotatable bonds is 10. The maximum atomic E-state index is 14.6. The number of unbranched alkanes of at least 4 members (excludes halogenated alkanes) is 1. The van der Waals surface area contributed by atoms with Crippen LogP contribution in [0.25, 0.3) is 5.69 Å². The molecule has 2 aromatic carbocycles. The number of nitrogens with zero attached hydrogens (tertiary/aromatic N) is 2. The fourth-order valence-electron chi connectivity index (χ4n) is 4.25. The van der Waals surface area contributed by atoms with E-state index in [2.05, 4.69) is 26.1 Å². The van der Waals surface area contributed by atoms with Gasteiger partial charge < -0.3 is 10.1 Å². The second-order valence-corrected chi connectivity index (χ2v) is 11.5. The van der Waals surface area contributed by atoms with Crippen molar-refractivity contribution in [2.45, 2.75) is 78.9 Å². The molecule has 0 aliphatic heterocycles. The minimum atomic E-state index is -0.538. The van der Waals surface area contributed by atoms with E-state index in [4.69, 9.17) is 9.84 Å². The summed E-state index contributed by atoms with van der Waals surface area (Å²) in [4.78, 5) is 12.0. The molecule has 0 unspecified atom stereocenters. The summed E-state index contributed by atoms with van der Waals surface area (Å²) in [7, 11) is 0. The quantitative estimate of drug-likeness (QED) is 0.237. The number of benzene rings is 2. The van der Waals surface area contributed by atoms with Gasteiger partial charge in [-0.1, -0.05) is 51.1 Å². The Bertz CT molecular complexity index is 1180. The Balaban J connectivity index is 1.83. The molecular weight excluding hydrogens is 472 g/mol. The van der Waals surface area contributed by atoms with Gasteiger partial charge in [0.1, 0.15) is 22.9 Å². The predicted octanol–water partition coefficient (Wildman–Crippen LogP) is 6.93. The second-order valence-electron chi connectivity index (χ2n) is 11.5. The van der Waals surface area contributed by atoms with E-state index in [0.717, 1.165) is 41.4 Å². The van der Waals surface area contributed by atoms with Gasteiger partial charge in [-0.15, -0.1) is 0 Å². The third-order valence-corrected chi connectivity index (χ3v) is 5.93. The summed E-state index contributed by atoms with van der Waals surface area (Å²) < 4.78 is 35.4. The monoisotopic (exact) mass is 511 g/mol. The van der Waals surface area contributed by atoms with E-state index in [0.29, 0.717) is 25.8 Å². The van der Waals surface area contributed by atoms with Gasteiger partial charge in [-0.05, 0) is 68.8 Å². The molecule has 0 saturated heterocycles. The van der Waals surface area contributed by atoms with Crippen LogP contribution in [0.1, 0.15) is 83.7 Å². The highest BCUT2D eigenvalue weighted by Gasteiger charge is 2.31. The van der Waals surface area contributed by atoms with Crippen molar-refractivity contribution in [3.8, 4) is 5.69 Å². The van der Waals surface area contributed by atoms with E-state index in [1.165, 1.54) is 4.68 Å². The van der Waals surface area contributed by atoms with Crippen molar-refractivity contribution in [2.75, 3.05) is 6.54 Å². The summed E-state index contributed by atoms with van der Waals surface area (Å²) in [5, 5.41) is 8.41. The average Bonchev–Trinajstić information content (AvgIpc) is 3.19. The van der Waals surface area contributed by atoms with Gasteiger partial charge in [-0.25, -0.2) is 13.5 Å². The lowest BCUT2D eigenvalue weighted by molar-refractivity contribution is -0.154. The molecule has 3 rings (SSSR count). The maximum Gasteiger partial charge on any atom is 0.306 e. The minimum Gasteiger partial charge on any atom is -0.460 e. The molecule has 1 heterocycles. The zero-order chi connectivity index (χ0) is 27.2. The lowest BCUT2D eigenvalue weighted by atomic mass is 9.83. The highest BCUT2D eigenvalue weighted by Crippen LogP contribution is 2.35. The second kappa shape index (κ2) is 12.0. The fraction of sp³-hybridized carbons (Fsp3) is 0.467. The van der Waals surface area contributed by atoms with Crippen LogP contribution in [-0.2, 0) is 16.0 Å². The molecule has 5 nitrogen and oxygen atoms in total. The van der Waals surface area contributed by atoms with Gasteiger partial charge in [0.2, 0.25) is 0 Å². The van der Waals surface area contributed by atoms with Crippen LogP contribution in [0.4, 0.5) is 8.78 Å². The van der Waals surface area contributed by atoms with Gasteiger partial charge in [0.25, 0.3) is 0 Å². The number of hydrogen-bond acceptors (Lipinski definition) is 4. The number of ether oxygens (including phenoxy) is 1. The Morgan fingerprint density at radius 1 is 1.03 bits per heavy atom. The lowest BCUT2D eigenvalue weighted by Crippen LogP contribution is -2.34. The van der Waals surface area contributed by atoms with Crippen LogP contribution in [-0.4, -0.2) is 27.9 Å². The van der Waals surface area contributed by atoms with Crippen molar-refractivity contribution in [3.63, 3.8) is 0 Å². The van der Waals surface area contributed by atoms with Crippen molar-refractivity contribution in [1.29, 1.82) is 0 Å². The molecule has 1 aromatic heterocycles. The number of halogens is 2. The molecule has 0 radical (unpaired) electrons. The summed E-state index contributed by atoms with van der Waals surface area (Å²) in [6, 6.07) is 13.2. The fourth-order valence-corrected chi connectivity index (χ4v) is 4.25. The van der Waals surface area contributed by atoms with Crippen LogP contribution in [0, 0.1) is 17.0 Å². The molecule has 1 atom stereocenters. The van der Waals surface area contributed by atoms with Crippen LogP contribution in [0.3, 0.4) is 0 Å². The van der Waals surface area contributed by atoms with Crippen molar-refractivity contribution in [2.24, 2.45) is 5.41 Å². The summed E-state index contributed by atoms with van der Waals surface area (Å²) in [6.07, 6.45) is 4.27. The van der Waals surface area contributed by atoms with Gasteiger partial charge >= 0.3 is 5.97 Å². The Morgan fingerprint density at radius 2 is 1.73 bits per heavy atom. The van der Waals surface area contributed by atoms with Gasteiger partial charge in [-0.2, -0.15) is 5.10 Å². The predicted molar refractivity (Wildman–Crippen MR) is 143 cm³/mol. The molecule has 0 aliphatic rings. The normalized spacial score (nSPS) is 13.0. The molecule has 0 spiro atoms. The molecule has 0 fully saturated rings. The minimum absolute atomic E-state index is 0.0746. The third kappa shape index (κ3) is 8.49. The summed E-state index contributed by atoms with van der Waals surface area (Å²) in [5.41, 5.74) is 2.22. The Kier molecular flexibility index (Phi) is 9.24. The lowest BCUT2D eigenvalue weighted by Gasteiger charge is -2.31. The standard InChI is InChI=1S/C30H39F2N3O2/c1-29(2,3)28(33-17-11-10-14-26(36)37-30(4,5)6)27-22(18-21-12-8-7-9-13-21)20-35(34-27)25-19-23(31)15-16-24(25)32/h7-9,12-13,15-16,19-20,28,33H,10-11,14,17-18H2,1-6H3/t28-/m0/s1. The molecule has 0 amide bonds. The molecule has 200 valence electrons. The molecule has 0 aliphatic carbocycles. The first-order chi connectivity index (χ1) is 17.3. The first kappa shape index (κ1) is 28.5. The van der Waals surface area contributed by atoms with E-state index in [1.807, 2.05) is 51.1 Å². The number of carbonyl (C=O) groups excluding carboxylic acids is 1. The van der Waals surface area contributed by atoms with E-state index in [1.54, 1.807) is 6.20 Å². The maximum absolute atomic E-state index is 14.6. The highest BCUT2D eigenvalue weighted by atomic mass is 19.1. The smallest absolute Gasteiger partial charge is 0.306 e. The van der Waals surface area contributed by atoms with E-state index in [9.17, 15) is 13.6 Å². The SMILES string of the molecule is CC(C)(C)OC(=O)CCCCN[C@@H](c1nn(-c2cc(F)ccc2F)cc1Cc1ccccc1)C(C)(C)C. The van der Waals surface area contributed by atoms with Crippen molar-refractivity contribution in [3.05, 3.63) is 83.2 Å². The number of hydrogen-bond donors (Lipinski definition) is 1. The molecule has 37 heavy (non-hydrogen) atoms. The van der Waals surface area contributed by atoms with Crippen LogP contribution < -0.4 is 5.32 Å². The zero-order valence-electron chi connectivity index (χ0n) is 22.8. The first-order valence-electron chi connectivity index (χ1n) is 12.9. The number of esters is 1. The molecule has 7 heteroatoms. The summed E-state index contributed by atoms with van der Waals surface area (Å²) in [5.74, 6) is -1.25. The van der Waals surface area contributed by atoms with Crippen LogP contribution in [0.5, 0.6) is 0 Å². The Labute approximate surface area is 219 Å². The summed E-state index contributed by atoms with van der Waals surface area (Å²) >= 11 is 0.